The molecule has 6 nitrogen and oxygen atoms in total. The molecule has 1 fully saturated rings. The molecule has 1 amide bonds. The van der Waals surface area contributed by atoms with E-state index in [1.54, 1.807) is 16.9 Å². The van der Waals surface area contributed by atoms with Crippen LogP contribution in [0.25, 0.3) is 11.3 Å². The monoisotopic (exact) mass is 491 g/mol. The van der Waals surface area contributed by atoms with Gasteiger partial charge in [-0.2, -0.15) is 5.10 Å². The summed E-state index contributed by atoms with van der Waals surface area (Å²) in [5.74, 6) is -0.0256. The third-order valence-electron chi connectivity index (χ3n) is 5.95. The molecular formula is C26H23Cl2N5O. The van der Waals surface area contributed by atoms with Crippen molar-refractivity contribution in [2.24, 2.45) is 0 Å². The molecule has 8 heteroatoms. The molecule has 0 radical (unpaired) electrons. The van der Waals surface area contributed by atoms with Crippen molar-refractivity contribution in [3.05, 3.63) is 100 Å². The number of halogens is 2. The molecule has 3 heterocycles. The summed E-state index contributed by atoms with van der Waals surface area (Å²) in [6, 6.07) is 23.2. The molecule has 2 aromatic heterocycles. The quantitative estimate of drug-likeness (QED) is 0.357. The molecular weight excluding hydrogens is 469 g/mol. The number of carbonyl (C=O) groups excluding carboxylic acids is 1. The first-order chi connectivity index (χ1) is 16.6. The molecule has 172 valence electrons. The molecule has 1 aliphatic rings. The lowest BCUT2D eigenvalue weighted by Gasteiger charge is -2.36. The lowest BCUT2D eigenvalue weighted by atomic mass is 10.1. The number of benzene rings is 2. The largest absolute Gasteiger partial charge is 0.368 e. The predicted octanol–water partition coefficient (Wildman–Crippen LogP) is 5.26. The first kappa shape index (κ1) is 22.4. The summed E-state index contributed by atoms with van der Waals surface area (Å²) in [4.78, 5) is 22.0. The van der Waals surface area contributed by atoms with Crippen LogP contribution in [0.4, 0.5) is 5.69 Å². The van der Waals surface area contributed by atoms with Gasteiger partial charge in [0, 0.05) is 48.6 Å². The molecule has 34 heavy (non-hydrogen) atoms. The van der Waals surface area contributed by atoms with Crippen LogP contribution in [0.3, 0.4) is 0 Å². The van der Waals surface area contributed by atoms with E-state index in [2.05, 4.69) is 22.0 Å². The number of nitrogens with zero attached hydrogens (tertiary/aromatic N) is 5. The Morgan fingerprint density at radius 3 is 2.29 bits per heavy atom. The van der Waals surface area contributed by atoms with Crippen molar-refractivity contribution in [2.45, 2.75) is 6.54 Å². The van der Waals surface area contributed by atoms with E-state index in [9.17, 15) is 4.79 Å². The number of carbonyl (C=O) groups is 1. The molecule has 4 aromatic rings. The topological polar surface area (TPSA) is 54.3 Å². The Morgan fingerprint density at radius 2 is 1.62 bits per heavy atom. The molecule has 1 aliphatic heterocycles. The Kier molecular flexibility index (Phi) is 6.52. The van der Waals surface area contributed by atoms with Crippen LogP contribution in [0.15, 0.2) is 79.0 Å². The highest BCUT2D eigenvalue weighted by Gasteiger charge is 2.26. The second-order valence-electron chi connectivity index (χ2n) is 8.18. The molecule has 0 N–H and O–H groups in total. The van der Waals surface area contributed by atoms with Crippen LogP contribution in [-0.4, -0.2) is 51.8 Å². The fraction of sp³-hybridized carbons (Fsp3) is 0.192. The van der Waals surface area contributed by atoms with Gasteiger partial charge in [-0.05, 0) is 42.0 Å². The smallest absolute Gasteiger partial charge is 0.272 e. The highest BCUT2D eigenvalue weighted by molar-refractivity contribution is 6.30. The summed E-state index contributed by atoms with van der Waals surface area (Å²) in [7, 11) is 0. The van der Waals surface area contributed by atoms with E-state index in [0.717, 1.165) is 29.9 Å². The van der Waals surface area contributed by atoms with Crippen LogP contribution in [-0.2, 0) is 6.54 Å². The number of anilines is 1. The molecule has 0 spiro atoms. The van der Waals surface area contributed by atoms with Crippen LogP contribution < -0.4 is 4.90 Å². The fourth-order valence-electron chi connectivity index (χ4n) is 4.11. The minimum Gasteiger partial charge on any atom is -0.368 e. The van der Waals surface area contributed by atoms with Gasteiger partial charge in [0.2, 0.25) is 0 Å². The Labute approximate surface area is 208 Å². The van der Waals surface area contributed by atoms with Crippen LogP contribution in [0.2, 0.25) is 10.2 Å². The van der Waals surface area contributed by atoms with Crippen LogP contribution in [0.1, 0.15) is 16.1 Å². The van der Waals surface area contributed by atoms with Crippen molar-refractivity contribution < 1.29 is 4.79 Å². The lowest BCUT2D eigenvalue weighted by Crippen LogP contribution is -2.49. The van der Waals surface area contributed by atoms with E-state index < -0.39 is 0 Å². The van der Waals surface area contributed by atoms with E-state index in [1.165, 1.54) is 5.69 Å². The second-order valence-corrected chi connectivity index (χ2v) is 9.01. The summed E-state index contributed by atoms with van der Waals surface area (Å²) in [6.45, 7) is 3.29. The van der Waals surface area contributed by atoms with Crippen LogP contribution in [0, 0.1) is 0 Å². The van der Waals surface area contributed by atoms with Gasteiger partial charge < -0.3 is 9.80 Å². The van der Waals surface area contributed by atoms with Crippen molar-refractivity contribution in [3.8, 4) is 11.3 Å². The zero-order chi connectivity index (χ0) is 23.5. The first-order valence-corrected chi connectivity index (χ1v) is 11.9. The predicted molar refractivity (Wildman–Crippen MR) is 136 cm³/mol. The van der Waals surface area contributed by atoms with Gasteiger partial charge in [-0.25, -0.2) is 4.98 Å². The maximum atomic E-state index is 13.6. The van der Waals surface area contributed by atoms with Crippen LogP contribution in [0.5, 0.6) is 0 Å². The van der Waals surface area contributed by atoms with Crippen molar-refractivity contribution in [1.82, 2.24) is 19.7 Å². The fourth-order valence-corrected chi connectivity index (χ4v) is 4.35. The molecule has 1 saturated heterocycles. The summed E-state index contributed by atoms with van der Waals surface area (Å²) in [5.41, 5.74) is 4.27. The Balaban J connectivity index is 1.40. The van der Waals surface area contributed by atoms with Crippen molar-refractivity contribution in [2.75, 3.05) is 31.1 Å². The van der Waals surface area contributed by atoms with E-state index >= 15 is 0 Å². The average Bonchev–Trinajstić information content (AvgIpc) is 3.29. The lowest BCUT2D eigenvalue weighted by molar-refractivity contribution is 0.0734. The van der Waals surface area contributed by atoms with Gasteiger partial charge in [0.1, 0.15) is 10.8 Å². The summed E-state index contributed by atoms with van der Waals surface area (Å²) < 4.78 is 1.75. The molecule has 5 rings (SSSR count). The van der Waals surface area contributed by atoms with Gasteiger partial charge in [0.05, 0.1) is 12.2 Å². The number of piperazine rings is 1. The molecule has 0 bridgehead atoms. The van der Waals surface area contributed by atoms with Gasteiger partial charge in [-0.3, -0.25) is 9.48 Å². The van der Waals surface area contributed by atoms with Gasteiger partial charge >= 0.3 is 0 Å². The van der Waals surface area contributed by atoms with E-state index in [0.29, 0.717) is 35.5 Å². The highest BCUT2D eigenvalue weighted by atomic mass is 35.5. The van der Waals surface area contributed by atoms with Crippen molar-refractivity contribution >= 4 is 34.8 Å². The third-order valence-corrected chi connectivity index (χ3v) is 6.42. The SMILES string of the molecule is O=C(c1cc(-c2ccc(Cl)cc2)nn1Cc1ccc(Cl)nc1)N1CCN(c2ccccc2)CC1. The zero-order valence-electron chi connectivity index (χ0n) is 18.4. The number of hydrogen-bond acceptors (Lipinski definition) is 4. The average molecular weight is 492 g/mol. The number of rotatable bonds is 5. The maximum absolute atomic E-state index is 13.6. The number of hydrogen-bond donors (Lipinski definition) is 0. The molecule has 0 unspecified atom stereocenters. The molecule has 0 atom stereocenters. The second kappa shape index (κ2) is 9.87. The van der Waals surface area contributed by atoms with Crippen LogP contribution >= 0.6 is 23.2 Å². The summed E-state index contributed by atoms with van der Waals surface area (Å²) in [6.07, 6.45) is 1.71. The molecule has 2 aromatic carbocycles. The van der Waals surface area contributed by atoms with Gasteiger partial charge in [-0.1, -0.05) is 59.6 Å². The van der Waals surface area contributed by atoms with Gasteiger partial charge in [0.25, 0.3) is 5.91 Å². The van der Waals surface area contributed by atoms with Gasteiger partial charge in [-0.15, -0.1) is 0 Å². The Bertz CT molecular complexity index is 1270. The standard InChI is InChI=1S/C26H23Cl2N5O/c27-21-9-7-20(8-10-21)23-16-24(33(30-23)18-19-6-11-25(28)29-17-19)26(34)32-14-12-31(13-15-32)22-4-2-1-3-5-22/h1-11,16-17H,12-15,18H2. The van der Waals surface area contributed by atoms with E-state index in [-0.39, 0.29) is 5.91 Å². The summed E-state index contributed by atoms with van der Waals surface area (Å²) >= 11 is 12.0. The molecule has 0 saturated carbocycles. The number of aromatic nitrogens is 3. The minimum atomic E-state index is -0.0256. The normalized spacial score (nSPS) is 13.8. The maximum Gasteiger partial charge on any atom is 0.272 e. The Morgan fingerprint density at radius 1 is 0.882 bits per heavy atom. The van der Waals surface area contributed by atoms with Crippen molar-refractivity contribution in [1.29, 1.82) is 0 Å². The Hall–Kier alpha value is -3.35. The van der Waals surface area contributed by atoms with Gasteiger partial charge in [0.15, 0.2) is 0 Å². The molecule has 0 aliphatic carbocycles. The third kappa shape index (κ3) is 4.93. The number of pyridine rings is 1. The van der Waals surface area contributed by atoms with E-state index in [4.69, 9.17) is 28.3 Å². The zero-order valence-corrected chi connectivity index (χ0v) is 20.0. The highest BCUT2D eigenvalue weighted by Crippen LogP contribution is 2.24. The number of para-hydroxylation sites is 1. The minimum absolute atomic E-state index is 0.0256. The summed E-state index contributed by atoms with van der Waals surface area (Å²) in [5, 5.41) is 5.85. The van der Waals surface area contributed by atoms with Crippen molar-refractivity contribution in [3.63, 3.8) is 0 Å². The first-order valence-electron chi connectivity index (χ1n) is 11.1. The van der Waals surface area contributed by atoms with E-state index in [1.807, 2.05) is 59.5 Å². The number of amides is 1.